The van der Waals surface area contributed by atoms with Gasteiger partial charge in [-0.15, -0.1) is 0 Å². The SMILES string of the molecule is CC[C@H]1O[C@@H](n2cnc3c(N)ncnc32)C[C@@H]1OP(O)(=S)OC[C@H]1O[C@@H](n2ccc(NC(=O)c3ccccc3)nc2=O)C[C@@H]1C. The van der Waals surface area contributed by atoms with Crippen molar-refractivity contribution in [3.05, 3.63) is 71.3 Å². The van der Waals surface area contributed by atoms with E-state index in [4.69, 9.17) is 36.1 Å². The third-order valence-corrected chi connectivity index (χ3v) is 9.50. The van der Waals surface area contributed by atoms with E-state index < -0.39 is 37.1 Å². The molecule has 4 aromatic rings. The summed E-state index contributed by atoms with van der Waals surface area (Å²) in [6.45, 7) is 0.177. The maximum atomic E-state index is 12.8. The lowest BCUT2D eigenvalue weighted by molar-refractivity contribution is -0.0348. The molecule has 0 radical (unpaired) electrons. The number of nitrogens with two attached hydrogens (primary N) is 1. The Hall–Kier alpha value is -3.63. The van der Waals surface area contributed by atoms with Gasteiger partial charge in [0.1, 0.15) is 30.1 Å². The molecule has 0 aliphatic carbocycles. The van der Waals surface area contributed by atoms with Gasteiger partial charge in [-0.3, -0.25) is 13.9 Å². The molecule has 1 unspecified atom stereocenters. The molecule has 6 rings (SSSR count). The van der Waals surface area contributed by atoms with Crippen LogP contribution in [0.2, 0.25) is 0 Å². The van der Waals surface area contributed by atoms with E-state index >= 15 is 0 Å². The number of nitrogens with one attached hydrogen (secondary N) is 1. The van der Waals surface area contributed by atoms with Crippen LogP contribution in [0.25, 0.3) is 11.2 Å². The Labute approximate surface area is 263 Å². The summed E-state index contributed by atoms with van der Waals surface area (Å²) >= 11 is 5.37. The van der Waals surface area contributed by atoms with Crippen molar-refractivity contribution in [1.82, 2.24) is 29.1 Å². The molecule has 2 fully saturated rings. The highest BCUT2D eigenvalue weighted by Crippen LogP contribution is 2.50. The zero-order valence-electron chi connectivity index (χ0n) is 24.5. The minimum atomic E-state index is -3.70. The Morgan fingerprint density at radius 1 is 1.13 bits per heavy atom. The molecule has 15 nitrogen and oxygen atoms in total. The first-order chi connectivity index (χ1) is 21.6. The van der Waals surface area contributed by atoms with Crippen LogP contribution in [0.3, 0.4) is 0 Å². The summed E-state index contributed by atoms with van der Waals surface area (Å²) in [4.78, 5) is 52.8. The average Bonchev–Trinajstić information content (AvgIpc) is 3.73. The summed E-state index contributed by atoms with van der Waals surface area (Å²) in [7, 11) is 0. The number of amides is 1. The van der Waals surface area contributed by atoms with Crippen LogP contribution < -0.4 is 16.7 Å². The van der Waals surface area contributed by atoms with Crippen LogP contribution in [0.1, 0.15) is 55.9 Å². The number of aromatic nitrogens is 6. The van der Waals surface area contributed by atoms with Gasteiger partial charge in [0.15, 0.2) is 11.5 Å². The van der Waals surface area contributed by atoms with E-state index in [1.165, 1.54) is 23.2 Å². The average molecular weight is 657 g/mol. The smallest absolute Gasteiger partial charge is 0.351 e. The molecule has 3 aromatic heterocycles. The number of hydrogen-bond donors (Lipinski definition) is 3. The first kappa shape index (κ1) is 31.4. The molecule has 17 heteroatoms. The molecule has 0 saturated carbocycles. The van der Waals surface area contributed by atoms with E-state index in [-0.39, 0.29) is 36.2 Å². The second kappa shape index (κ2) is 13.0. The zero-order valence-corrected chi connectivity index (χ0v) is 26.2. The van der Waals surface area contributed by atoms with Crippen molar-refractivity contribution in [1.29, 1.82) is 0 Å². The van der Waals surface area contributed by atoms with Gasteiger partial charge >= 0.3 is 12.4 Å². The molecule has 45 heavy (non-hydrogen) atoms. The van der Waals surface area contributed by atoms with Gasteiger partial charge in [0.2, 0.25) is 0 Å². The van der Waals surface area contributed by atoms with Gasteiger partial charge in [-0.1, -0.05) is 32.0 Å². The molecule has 2 saturated heterocycles. The number of nitrogen functional groups attached to an aromatic ring is 1. The molecular weight excluding hydrogens is 623 g/mol. The van der Waals surface area contributed by atoms with E-state index in [1.54, 1.807) is 41.2 Å². The highest BCUT2D eigenvalue weighted by atomic mass is 32.5. The zero-order chi connectivity index (χ0) is 31.7. The Morgan fingerprint density at radius 2 is 1.89 bits per heavy atom. The van der Waals surface area contributed by atoms with Crippen molar-refractivity contribution in [3.63, 3.8) is 0 Å². The number of imidazole rings is 1. The van der Waals surface area contributed by atoms with Gasteiger partial charge in [0, 0.05) is 18.2 Å². The van der Waals surface area contributed by atoms with Crippen molar-refractivity contribution in [2.45, 2.75) is 63.9 Å². The Balaban J connectivity index is 1.05. The first-order valence-electron chi connectivity index (χ1n) is 14.5. The molecule has 0 spiro atoms. The third-order valence-electron chi connectivity index (χ3n) is 7.91. The van der Waals surface area contributed by atoms with E-state index in [0.717, 1.165) is 0 Å². The summed E-state index contributed by atoms with van der Waals surface area (Å²) < 4.78 is 27.1. The summed E-state index contributed by atoms with van der Waals surface area (Å²) in [6.07, 6.45) is 3.56. The second-order valence-corrected chi connectivity index (χ2v) is 13.7. The standard InChI is InChI=1S/C28H33N8O7PS/c1-3-18-19(12-23(41-18)36-15-32-24-25(29)30-14-31-26(24)36)43-44(39,45)40-13-20-16(2)11-22(42-20)35-10-9-21(34-28(35)38)33-27(37)17-7-5-4-6-8-17/h4-10,14-16,18-20,22-23H,3,11-13H2,1-2H3,(H,39,45)(H2,29,30,31)(H,33,34,37,38)/t16-,18+,19-,20+,22+,23+,44?/m0/s1. The fraction of sp³-hybridized carbons (Fsp3) is 0.429. The van der Waals surface area contributed by atoms with Crippen molar-refractivity contribution in [3.8, 4) is 0 Å². The van der Waals surface area contributed by atoms with Crippen LogP contribution in [0.5, 0.6) is 0 Å². The summed E-state index contributed by atoms with van der Waals surface area (Å²) in [5.74, 6) is 0.00851. The van der Waals surface area contributed by atoms with Crippen LogP contribution in [-0.2, 0) is 30.3 Å². The minimum absolute atomic E-state index is 0.0270. The van der Waals surface area contributed by atoms with E-state index in [2.05, 4.69) is 25.3 Å². The fourth-order valence-electron chi connectivity index (χ4n) is 5.52. The van der Waals surface area contributed by atoms with Crippen molar-refractivity contribution in [2.24, 2.45) is 5.92 Å². The molecule has 7 atom stereocenters. The summed E-state index contributed by atoms with van der Waals surface area (Å²) in [5.41, 5.74) is 6.80. The predicted molar refractivity (Wildman–Crippen MR) is 166 cm³/mol. The largest absolute Gasteiger partial charge is 0.382 e. The maximum absolute atomic E-state index is 12.8. The number of anilines is 2. The molecule has 238 valence electrons. The Kier molecular flexibility index (Phi) is 9.06. The number of rotatable bonds is 10. The number of hydrogen-bond acceptors (Lipinski definition) is 12. The first-order valence-corrected chi connectivity index (χ1v) is 17.1. The van der Waals surface area contributed by atoms with Crippen molar-refractivity contribution in [2.75, 3.05) is 17.7 Å². The van der Waals surface area contributed by atoms with E-state index in [9.17, 15) is 14.5 Å². The highest BCUT2D eigenvalue weighted by molar-refractivity contribution is 8.07. The van der Waals surface area contributed by atoms with Crippen molar-refractivity contribution < 1.29 is 28.2 Å². The predicted octanol–water partition coefficient (Wildman–Crippen LogP) is 3.16. The lowest BCUT2D eigenvalue weighted by Gasteiger charge is -2.24. The molecule has 1 amide bonds. The number of benzene rings is 1. The van der Waals surface area contributed by atoms with Crippen LogP contribution in [0.4, 0.5) is 11.6 Å². The van der Waals surface area contributed by atoms with Gasteiger partial charge in [-0.05, 0) is 48.8 Å². The highest BCUT2D eigenvalue weighted by Gasteiger charge is 2.41. The van der Waals surface area contributed by atoms with E-state index in [0.29, 0.717) is 36.0 Å². The van der Waals surface area contributed by atoms with Crippen LogP contribution in [0, 0.1) is 5.92 Å². The molecule has 0 bridgehead atoms. The quantitative estimate of drug-likeness (QED) is 0.211. The molecular formula is C28H33N8O7PS. The van der Waals surface area contributed by atoms with Crippen LogP contribution >= 0.6 is 6.72 Å². The fourth-order valence-corrected chi connectivity index (χ4v) is 6.99. The molecule has 2 aliphatic heterocycles. The monoisotopic (exact) mass is 656 g/mol. The Morgan fingerprint density at radius 3 is 2.64 bits per heavy atom. The number of carbonyl (C=O) groups is 1. The van der Waals surface area contributed by atoms with Gasteiger partial charge in [0.05, 0.1) is 31.2 Å². The molecule has 2 aliphatic rings. The number of ether oxygens (including phenoxy) is 2. The van der Waals surface area contributed by atoms with Gasteiger partial charge < -0.3 is 34.5 Å². The van der Waals surface area contributed by atoms with Crippen LogP contribution in [0.15, 0.2) is 60.0 Å². The topological polar surface area (TPSA) is 191 Å². The van der Waals surface area contributed by atoms with Crippen LogP contribution in [-0.4, -0.2) is 64.8 Å². The number of carbonyl (C=O) groups excluding carboxylic acids is 1. The van der Waals surface area contributed by atoms with Gasteiger partial charge in [-0.2, -0.15) is 4.98 Å². The normalized spacial score (nSPS) is 26.2. The maximum Gasteiger partial charge on any atom is 0.351 e. The van der Waals surface area contributed by atoms with Gasteiger partial charge in [-0.25, -0.2) is 19.7 Å². The molecule has 5 heterocycles. The Bertz CT molecular complexity index is 1790. The van der Waals surface area contributed by atoms with E-state index in [1.807, 2.05) is 13.8 Å². The van der Waals surface area contributed by atoms with Crippen molar-refractivity contribution >= 4 is 47.2 Å². The third kappa shape index (κ3) is 6.82. The summed E-state index contributed by atoms with van der Waals surface area (Å²) in [5, 5.41) is 2.63. The number of nitrogens with zero attached hydrogens (tertiary/aromatic N) is 6. The minimum Gasteiger partial charge on any atom is -0.382 e. The molecule has 4 N–H and O–H groups in total. The lowest BCUT2D eigenvalue weighted by atomic mass is 10.0. The molecule has 1 aromatic carbocycles. The number of fused-ring (bicyclic) bond motifs is 1. The lowest BCUT2D eigenvalue weighted by Crippen LogP contribution is -2.29. The second-order valence-electron chi connectivity index (χ2n) is 10.9. The summed E-state index contributed by atoms with van der Waals surface area (Å²) in [6, 6.07) is 10.2. The van der Waals surface area contributed by atoms with Gasteiger partial charge in [0.25, 0.3) is 5.91 Å².